The molecule has 0 saturated carbocycles. The van der Waals surface area contributed by atoms with Crippen molar-refractivity contribution in [1.82, 2.24) is 34.6 Å². The molecule has 1 aliphatic carbocycles. The number of amides is 1. The van der Waals surface area contributed by atoms with Crippen molar-refractivity contribution in [3.8, 4) is 17.3 Å². The number of benzene rings is 1. The number of aromatic nitrogens is 7. The Morgan fingerprint density at radius 2 is 1.87 bits per heavy atom. The van der Waals surface area contributed by atoms with Crippen molar-refractivity contribution < 1.29 is 19.4 Å². The van der Waals surface area contributed by atoms with Crippen LogP contribution in [0, 0.1) is 0 Å². The quantitative estimate of drug-likeness (QED) is 0.146. The molecule has 2 N–H and O–H groups in total. The first kappa shape index (κ1) is 35.4. The van der Waals surface area contributed by atoms with E-state index in [4.69, 9.17) is 19.7 Å². The highest BCUT2D eigenvalue weighted by Gasteiger charge is 2.29. The van der Waals surface area contributed by atoms with Gasteiger partial charge in [-0.25, -0.2) is 4.68 Å². The highest BCUT2D eigenvalue weighted by Crippen LogP contribution is 2.42. The van der Waals surface area contributed by atoms with Crippen molar-refractivity contribution >= 4 is 23.3 Å². The molecule has 0 spiro atoms. The molecule has 4 aromatic heterocycles. The zero-order valence-corrected chi connectivity index (χ0v) is 30.5. The van der Waals surface area contributed by atoms with Crippen LogP contribution < -0.4 is 19.7 Å². The summed E-state index contributed by atoms with van der Waals surface area (Å²) in [6.45, 7) is 9.44. The minimum atomic E-state index is -0.241. The van der Waals surface area contributed by atoms with Crippen LogP contribution in [0.5, 0.6) is 11.6 Å². The van der Waals surface area contributed by atoms with E-state index < -0.39 is 0 Å². The molecule has 1 fully saturated rings. The fraction of sp³-hybridized carbons (Fsp3) is 0.487. The summed E-state index contributed by atoms with van der Waals surface area (Å²) >= 11 is 0. The van der Waals surface area contributed by atoms with Crippen LogP contribution >= 0.6 is 0 Å². The fourth-order valence-corrected chi connectivity index (χ4v) is 7.37. The second-order valence-corrected chi connectivity index (χ2v) is 15.0. The van der Waals surface area contributed by atoms with Crippen LogP contribution in [0.2, 0.25) is 0 Å². The molecule has 0 bridgehead atoms. The number of ether oxygens (including phenoxy) is 2. The Morgan fingerprint density at radius 3 is 2.67 bits per heavy atom. The van der Waals surface area contributed by atoms with Gasteiger partial charge in [-0.05, 0) is 81.0 Å². The number of nitrogens with one attached hydrogen (secondary N) is 1. The number of piperidine rings is 1. The zero-order chi connectivity index (χ0) is 36.2. The lowest BCUT2D eigenvalue weighted by molar-refractivity contribution is -0.116. The van der Waals surface area contributed by atoms with Crippen molar-refractivity contribution in [2.45, 2.75) is 103 Å². The molecule has 0 unspecified atom stereocenters. The molecule has 52 heavy (non-hydrogen) atoms. The number of carbonyl (C=O) groups excluding carboxylic acids is 1. The van der Waals surface area contributed by atoms with Gasteiger partial charge >= 0.3 is 0 Å². The lowest BCUT2D eigenvalue weighted by Crippen LogP contribution is -2.38. The molecule has 1 aliphatic heterocycles. The molecule has 13 heteroatoms. The van der Waals surface area contributed by atoms with Crippen LogP contribution in [0.4, 0.5) is 11.8 Å². The molecule has 5 aromatic rings. The maximum atomic E-state index is 13.4. The van der Waals surface area contributed by atoms with E-state index in [0.29, 0.717) is 29.9 Å². The van der Waals surface area contributed by atoms with Crippen LogP contribution in [-0.4, -0.2) is 71.4 Å². The monoisotopic (exact) mass is 707 g/mol. The average Bonchev–Trinajstić information content (AvgIpc) is 3.76. The molecule has 13 nitrogen and oxygen atoms in total. The lowest BCUT2D eigenvalue weighted by Gasteiger charge is -2.33. The number of carbonyl (C=O) groups is 1. The summed E-state index contributed by atoms with van der Waals surface area (Å²) < 4.78 is 15.9. The first-order chi connectivity index (χ1) is 25.2. The Bertz CT molecular complexity index is 2000. The third kappa shape index (κ3) is 7.74. The summed E-state index contributed by atoms with van der Waals surface area (Å²) in [4.78, 5) is 15.7. The van der Waals surface area contributed by atoms with Gasteiger partial charge in [0.2, 0.25) is 17.7 Å². The minimum absolute atomic E-state index is 0.0587. The second kappa shape index (κ2) is 15.3. The van der Waals surface area contributed by atoms with Gasteiger partial charge < -0.3 is 24.8 Å². The summed E-state index contributed by atoms with van der Waals surface area (Å²) in [6, 6.07) is 16.6. The third-order valence-corrected chi connectivity index (χ3v) is 10.2. The summed E-state index contributed by atoms with van der Waals surface area (Å²) in [5, 5.41) is 34.0. The van der Waals surface area contributed by atoms with Crippen LogP contribution in [0.15, 0.2) is 60.9 Å². The lowest BCUT2D eigenvalue weighted by atomic mass is 9.79. The number of pyridine rings is 1. The predicted molar refractivity (Wildman–Crippen MR) is 198 cm³/mol. The van der Waals surface area contributed by atoms with Gasteiger partial charge in [-0.2, -0.15) is 10.2 Å². The molecule has 1 aromatic carbocycles. The number of nitrogens with zero attached hydrogens (tertiary/aromatic N) is 8. The molecule has 7 rings (SSSR count). The van der Waals surface area contributed by atoms with Crippen molar-refractivity contribution in [3.63, 3.8) is 0 Å². The highest BCUT2D eigenvalue weighted by atomic mass is 16.5. The normalized spacial score (nSPS) is 19.0. The van der Waals surface area contributed by atoms with Gasteiger partial charge in [-0.3, -0.25) is 9.20 Å². The van der Waals surface area contributed by atoms with E-state index in [9.17, 15) is 4.79 Å². The van der Waals surface area contributed by atoms with Crippen LogP contribution in [0.3, 0.4) is 0 Å². The molecular formula is C39H49N9O4. The van der Waals surface area contributed by atoms with E-state index in [-0.39, 0.29) is 36.5 Å². The Labute approximate surface area is 304 Å². The maximum absolute atomic E-state index is 13.4. The SMILES string of the molecule is C[C@H]1CCCCN1c1nnc2ccc(O[C@@H]3CC[C@H](CCCC(=O)Nc4cc(C(C)(C)C)nn4-c4cnnc(OCCO)c4)c4ccccc43)cn12. The Morgan fingerprint density at radius 1 is 1.02 bits per heavy atom. The third-order valence-electron chi connectivity index (χ3n) is 10.2. The fourth-order valence-electron chi connectivity index (χ4n) is 7.37. The van der Waals surface area contributed by atoms with Gasteiger partial charge in [0.1, 0.15) is 24.3 Å². The van der Waals surface area contributed by atoms with Gasteiger partial charge in [0.15, 0.2) is 5.65 Å². The van der Waals surface area contributed by atoms with Gasteiger partial charge in [-0.1, -0.05) is 45.0 Å². The number of anilines is 2. The predicted octanol–water partition coefficient (Wildman–Crippen LogP) is 6.56. The Hall–Kier alpha value is -5.04. The largest absolute Gasteiger partial charge is 0.484 e. The van der Waals surface area contributed by atoms with Crippen molar-refractivity contribution in [2.75, 3.05) is 30.0 Å². The van der Waals surface area contributed by atoms with Crippen LogP contribution in [0.1, 0.15) is 108 Å². The topological polar surface area (TPSA) is 145 Å². The minimum Gasteiger partial charge on any atom is -0.484 e. The average molecular weight is 708 g/mol. The summed E-state index contributed by atoms with van der Waals surface area (Å²) in [5.74, 6) is 2.78. The molecule has 5 heterocycles. The van der Waals surface area contributed by atoms with Crippen molar-refractivity contribution in [3.05, 3.63) is 77.7 Å². The maximum Gasteiger partial charge on any atom is 0.235 e. The van der Waals surface area contributed by atoms with Gasteiger partial charge in [0, 0.05) is 36.6 Å². The molecule has 1 amide bonds. The van der Waals surface area contributed by atoms with Gasteiger partial charge in [0.05, 0.1) is 30.4 Å². The Balaban J connectivity index is 1.00. The number of aliphatic hydroxyl groups excluding tert-OH is 1. The molecule has 2 aliphatic rings. The van der Waals surface area contributed by atoms with Crippen LogP contribution in [0.25, 0.3) is 11.3 Å². The van der Waals surface area contributed by atoms with Crippen molar-refractivity contribution in [1.29, 1.82) is 0 Å². The van der Waals surface area contributed by atoms with Gasteiger partial charge in [-0.15, -0.1) is 15.3 Å². The van der Waals surface area contributed by atoms with E-state index in [1.165, 1.54) is 24.0 Å². The number of hydrogen-bond acceptors (Lipinski definition) is 10. The van der Waals surface area contributed by atoms with E-state index in [1.807, 2.05) is 24.4 Å². The summed E-state index contributed by atoms with van der Waals surface area (Å²) in [6.07, 6.45) is 11.0. The number of rotatable bonds is 12. The number of fused-ring (bicyclic) bond motifs is 2. The van der Waals surface area contributed by atoms with E-state index in [2.05, 4.69) is 87.0 Å². The first-order valence-electron chi connectivity index (χ1n) is 18.5. The van der Waals surface area contributed by atoms with E-state index >= 15 is 0 Å². The smallest absolute Gasteiger partial charge is 0.235 e. The molecule has 3 atom stereocenters. The number of hydrogen-bond donors (Lipinski definition) is 2. The number of aliphatic hydroxyl groups is 1. The van der Waals surface area contributed by atoms with Crippen LogP contribution in [-0.2, 0) is 10.2 Å². The van der Waals surface area contributed by atoms with E-state index in [0.717, 1.165) is 61.7 Å². The molecule has 0 radical (unpaired) electrons. The molecule has 274 valence electrons. The molecular weight excluding hydrogens is 658 g/mol. The van der Waals surface area contributed by atoms with Gasteiger partial charge in [0.25, 0.3) is 0 Å². The Kier molecular flexibility index (Phi) is 10.4. The highest BCUT2D eigenvalue weighted by molar-refractivity contribution is 5.90. The van der Waals surface area contributed by atoms with E-state index in [1.54, 1.807) is 16.9 Å². The summed E-state index contributed by atoms with van der Waals surface area (Å²) in [5.41, 5.74) is 4.51. The zero-order valence-electron chi connectivity index (χ0n) is 30.5. The summed E-state index contributed by atoms with van der Waals surface area (Å²) in [7, 11) is 0. The standard InChI is InChI=1S/C39H49N9O4/c1-26-10-7-8-19-46(26)38-44-42-34-18-16-29(25-47(34)38)52-32-17-15-27(30-12-5-6-13-31(30)32)11-9-14-36(50)41-35-23-33(39(2,3)4)45-48(35)28-22-37(43-40-24-28)51-21-20-49/h5-6,12-13,16,18,22-27,32,49H,7-11,14-15,17,19-21H2,1-4H3,(H,41,50)/t26-,27-,32+/m0/s1. The first-order valence-corrected chi connectivity index (χ1v) is 18.5. The van der Waals surface area contributed by atoms with Crippen molar-refractivity contribution in [2.24, 2.45) is 0 Å². The second-order valence-electron chi connectivity index (χ2n) is 15.0. The molecule has 1 saturated heterocycles.